The van der Waals surface area contributed by atoms with Gasteiger partial charge in [0, 0.05) is 15.3 Å². The lowest BCUT2D eigenvalue weighted by atomic mass is 10.1. The van der Waals surface area contributed by atoms with Crippen LogP contribution in [0.4, 0.5) is 10.5 Å². The molecule has 4 heteroatoms. The van der Waals surface area contributed by atoms with Gasteiger partial charge >= 0.3 is 6.03 Å². The maximum atomic E-state index is 11.9. The van der Waals surface area contributed by atoms with E-state index in [9.17, 15) is 4.79 Å². The number of hydrogen-bond acceptors (Lipinski definition) is 2. The van der Waals surface area contributed by atoms with E-state index >= 15 is 0 Å². The molecule has 3 nitrogen and oxygen atoms in total. The van der Waals surface area contributed by atoms with Gasteiger partial charge in [-0.1, -0.05) is 36.4 Å². The van der Waals surface area contributed by atoms with E-state index < -0.39 is 0 Å². The lowest BCUT2D eigenvalue weighted by Gasteiger charge is -2.07. The van der Waals surface area contributed by atoms with E-state index in [1.54, 1.807) is 11.3 Å². The van der Waals surface area contributed by atoms with Crippen LogP contribution in [-0.4, -0.2) is 6.03 Å². The van der Waals surface area contributed by atoms with Crippen molar-refractivity contribution in [1.82, 2.24) is 5.32 Å². The number of urea groups is 1. The van der Waals surface area contributed by atoms with Crippen LogP contribution >= 0.6 is 11.3 Å². The Hall–Kier alpha value is -2.33. The zero-order chi connectivity index (χ0) is 14.7. The summed E-state index contributed by atoms with van der Waals surface area (Å²) in [5.74, 6) is 0. The highest BCUT2D eigenvalue weighted by molar-refractivity contribution is 7.19. The molecule has 21 heavy (non-hydrogen) atoms. The predicted octanol–water partition coefficient (Wildman–Crippen LogP) is 4.53. The number of carbonyl (C=O) groups is 1. The summed E-state index contributed by atoms with van der Waals surface area (Å²) < 4.78 is 1.26. The number of hydrogen-bond donors (Lipinski definition) is 2. The SMILES string of the molecule is Cc1c(CNC(=O)Nc2ccccc2)sc2ccccc12. The number of fused-ring (bicyclic) bond motifs is 1. The van der Waals surface area contributed by atoms with Crippen LogP contribution in [0.2, 0.25) is 0 Å². The minimum Gasteiger partial charge on any atom is -0.333 e. The van der Waals surface area contributed by atoms with Crippen LogP contribution < -0.4 is 10.6 Å². The summed E-state index contributed by atoms with van der Waals surface area (Å²) in [4.78, 5) is 13.1. The van der Waals surface area contributed by atoms with Crippen LogP contribution in [0, 0.1) is 6.92 Å². The molecule has 1 heterocycles. The van der Waals surface area contributed by atoms with E-state index in [0.29, 0.717) is 6.54 Å². The van der Waals surface area contributed by atoms with Crippen molar-refractivity contribution >= 4 is 33.1 Å². The second kappa shape index (κ2) is 5.97. The van der Waals surface area contributed by atoms with E-state index in [-0.39, 0.29) is 6.03 Å². The molecule has 2 aromatic carbocycles. The Morgan fingerprint density at radius 2 is 1.76 bits per heavy atom. The van der Waals surface area contributed by atoms with Gasteiger partial charge in [0.15, 0.2) is 0 Å². The topological polar surface area (TPSA) is 41.1 Å². The molecular weight excluding hydrogens is 280 g/mol. The number of benzene rings is 2. The fraction of sp³-hybridized carbons (Fsp3) is 0.118. The highest BCUT2D eigenvalue weighted by atomic mass is 32.1. The van der Waals surface area contributed by atoms with E-state index in [0.717, 1.165) is 5.69 Å². The molecule has 0 aliphatic carbocycles. The number of rotatable bonds is 3. The van der Waals surface area contributed by atoms with Crippen molar-refractivity contribution in [2.45, 2.75) is 13.5 Å². The van der Waals surface area contributed by atoms with Gasteiger partial charge in [0.05, 0.1) is 6.54 Å². The fourth-order valence-electron chi connectivity index (χ4n) is 2.25. The first kappa shape index (κ1) is 13.6. The predicted molar refractivity (Wildman–Crippen MR) is 88.9 cm³/mol. The van der Waals surface area contributed by atoms with E-state index in [1.807, 2.05) is 42.5 Å². The van der Waals surface area contributed by atoms with E-state index in [4.69, 9.17) is 0 Å². The summed E-state index contributed by atoms with van der Waals surface area (Å²) >= 11 is 1.73. The number of nitrogens with one attached hydrogen (secondary N) is 2. The Bertz CT molecular complexity index is 765. The van der Waals surface area contributed by atoms with Gasteiger partial charge in [-0.25, -0.2) is 4.79 Å². The molecule has 1 aromatic heterocycles. The summed E-state index contributed by atoms with van der Waals surface area (Å²) in [5, 5.41) is 7.00. The van der Waals surface area contributed by atoms with Crippen molar-refractivity contribution in [2.75, 3.05) is 5.32 Å². The van der Waals surface area contributed by atoms with Crippen LogP contribution in [-0.2, 0) is 6.54 Å². The summed E-state index contributed by atoms with van der Waals surface area (Å²) in [7, 11) is 0. The summed E-state index contributed by atoms with van der Waals surface area (Å²) in [5.41, 5.74) is 2.04. The van der Waals surface area contributed by atoms with Crippen LogP contribution in [0.5, 0.6) is 0 Å². The van der Waals surface area contributed by atoms with Gasteiger partial charge in [0.2, 0.25) is 0 Å². The van der Waals surface area contributed by atoms with Gasteiger partial charge in [-0.2, -0.15) is 0 Å². The molecule has 106 valence electrons. The molecule has 0 aliphatic heterocycles. The average molecular weight is 296 g/mol. The third-order valence-corrected chi connectivity index (χ3v) is 4.66. The Morgan fingerprint density at radius 1 is 1.05 bits per heavy atom. The lowest BCUT2D eigenvalue weighted by Crippen LogP contribution is -2.28. The minimum atomic E-state index is -0.182. The zero-order valence-corrected chi connectivity index (χ0v) is 12.5. The van der Waals surface area contributed by atoms with Crippen molar-refractivity contribution in [3.05, 3.63) is 65.0 Å². The molecule has 3 rings (SSSR count). The molecule has 2 N–H and O–H groups in total. The molecule has 0 unspecified atom stereocenters. The molecule has 0 fully saturated rings. The molecule has 0 atom stereocenters. The monoisotopic (exact) mass is 296 g/mol. The third-order valence-electron chi connectivity index (χ3n) is 3.38. The first-order valence-electron chi connectivity index (χ1n) is 6.81. The third kappa shape index (κ3) is 3.06. The Labute approximate surface area is 127 Å². The second-order valence-corrected chi connectivity index (χ2v) is 5.96. The summed E-state index contributed by atoms with van der Waals surface area (Å²) in [6, 6.07) is 17.6. The average Bonchev–Trinajstić information content (AvgIpc) is 2.83. The van der Waals surface area contributed by atoms with Gasteiger partial charge in [-0.05, 0) is 36.1 Å². The molecule has 0 aliphatic rings. The smallest absolute Gasteiger partial charge is 0.319 e. The van der Waals surface area contributed by atoms with Crippen LogP contribution in [0.15, 0.2) is 54.6 Å². The van der Waals surface area contributed by atoms with Crippen LogP contribution in [0.3, 0.4) is 0 Å². The number of para-hydroxylation sites is 1. The standard InChI is InChI=1S/C17H16N2OS/c1-12-14-9-5-6-10-15(14)21-16(12)11-18-17(20)19-13-7-3-2-4-8-13/h2-10H,11H2,1H3,(H2,18,19,20). The van der Waals surface area contributed by atoms with Crippen molar-refractivity contribution in [2.24, 2.45) is 0 Å². The molecule has 2 amide bonds. The first-order valence-corrected chi connectivity index (χ1v) is 7.62. The number of aryl methyl sites for hydroxylation is 1. The molecule has 0 spiro atoms. The van der Waals surface area contributed by atoms with Crippen molar-refractivity contribution in [3.63, 3.8) is 0 Å². The highest BCUT2D eigenvalue weighted by Crippen LogP contribution is 2.30. The number of anilines is 1. The number of carbonyl (C=O) groups excluding carboxylic acids is 1. The molecular formula is C17H16N2OS. The van der Waals surface area contributed by atoms with Gasteiger partial charge in [0.1, 0.15) is 0 Å². The summed E-state index contributed by atoms with van der Waals surface area (Å²) in [6.45, 7) is 2.65. The maximum Gasteiger partial charge on any atom is 0.319 e. The van der Waals surface area contributed by atoms with Gasteiger partial charge in [-0.15, -0.1) is 11.3 Å². The van der Waals surface area contributed by atoms with Crippen molar-refractivity contribution in [3.8, 4) is 0 Å². The number of amides is 2. The van der Waals surface area contributed by atoms with E-state index in [2.05, 4.69) is 29.7 Å². The molecule has 0 saturated heterocycles. The highest BCUT2D eigenvalue weighted by Gasteiger charge is 2.09. The number of thiophene rings is 1. The Kier molecular flexibility index (Phi) is 3.88. The van der Waals surface area contributed by atoms with Gasteiger partial charge < -0.3 is 10.6 Å². The van der Waals surface area contributed by atoms with Crippen LogP contribution in [0.25, 0.3) is 10.1 Å². The van der Waals surface area contributed by atoms with Crippen LogP contribution in [0.1, 0.15) is 10.4 Å². The molecule has 0 radical (unpaired) electrons. The lowest BCUT2D eigenvalue weighted by molar-refractivity contribution is 0.252. The first-order chi connectivity index (χ1) is 10.2. The van der Waals surface area contributed by atoms with Gasteiger partial charge in [-0.3, -0.25) is 0 Å². The quantitative estimate of drug-likeness (QED) is 0.732. The van der Waals surface area contributed by atoms with E-state index in [1.165, 1.54) is 20.5 Å². The van der Waals surface area contributed by atoms with Crippen molar-refractivity contribution < 1.29 is 4.79 Å². The maximum absolute atomic E-state index is 11.9. The Balaban J connectivity index is 1.66. The fourth-order valence-corrected chi connectivity index (χ4v) is 3.40. The minimum absolute atomic E-state index is 0.182. The zero-order valence-electron chi connectivity index (χ0n) is 11.7. The van der Waals surface area contributed by atoms with Crippen molar-refractivity contribution in [1.29, 1.82) is 0 Å². The van der Waals surface area contributed by atoms with Gasteiger partial charge in [0.25, 0.3) is 0 Å². The Morgan fingerprint density at radius 3 is 2.52 bits per heavy atom. The second-order valence-electron chi connectivity index (χ2n) is 4.82. The molecule has 0 saturated carbocycles. The normalized spacial score (nSPS) is 10.5. The largest absolute Gasteiger partial charge is 0.333 e. The molecule has 0 bridgehead atoms. The summed E-state index contributed by atoms with van der Waals surface area (Å²) in [6.07, 6.45) is 0. The molecule has 3 aromatic rings.